The van der Waals surface area contributed by atoms with E-state index in [4.69, 9.17) is 9.15 Å². The van der Waals surface area contributed by atoms with Crippen LogP contribution in [0.2, 0.25) is 0 Å². The monoisotopic (exact) mass is 355 g/mol. The number of hydrogen-bond donors (Lipinski definition) is 3. The molecule has 0 bridgehead atoms. The third kappa shape index (κ3) is 3.48. The molecule has 0 saturated heterocycles. The molecule has 0 spiro atoms. The zero-order chi connectivity index (χ0) is 18.7. The number of benzene rings is 2. The fourth-order valence-corrected chi connectivity index (χ4v) is 2.69. The Hall–Kier alpha value is -3.06. The van der Waals surface area contributed by atoms with Gasteiger partial charge in [-0.05, 0) is 19.1 Å². The Bertz CT molecular complexity index is 964. The number of ether oxygens (including phenoxy) is 1. The molecule has 1 aromatic heterocycles. The van der Waals surface area contributed by atoms with E-state index >= 15 is 0 Å². The van der Waals surface area contributed by atoms with Crippen molar-refractivity contribution < 1.29 is 18.7 Å². The van der Waals surface area contributed by atoms with Gasteiger partial charge in [-0.1, -0.05) is 18.2 Å². The van der Waals surface area contributed by atoms with Crippen molar-refractivity contribution in [3.8, 4) is 5.75 Å². The summed E-state index contributed by atoms with van der Waals surface area (Å²) in [5.41, 5.74) is 1.94. The molecule has 0 radical (unpaired) electrons. The first-order valence-electron chi connectivity index (χ1n) is 8.27. The van der Waals surface area contributed by atoms with Gasteiger partial charge in [-0.3, -0.25) is 14.9 Å². The Morgan fingerprint density at radius 1 is 1.15 bits per heavy atom. The predicted octanol–water partition coefficient (Wildman–Crippen LogP) is 2.26. The van der Waals surface area contributed by atoms with E-state index < -0.39 is 6.04 Å². The highest BCUT2D eigenvalue weighted by atomic mass is 16.5. The maximum absolute atomic E-state index is 12.4. The molecule has 0 saturated carbocycles. The van der Waals surface area contributed by atoms with Crippen LogP contribution in [-0.4, -0.2) is 38.6 Å². The molecule has 1 atom stereocenters. The van der Waals surface area contributed by atoms with Gasteiger partial charge in [0.25, 0.3) is 0 Å². The Labute approximate surface area is 150 Å². The average Bonchev–Trinajstić information content (AvgIpc) is 3.02. The summed E-state index contributed by atoms with van der Waals surface area (Å²) in [6, 6.07) is 10.8. The van der Waals surface area contributed by atoms with Gasteiger partial charge in [0.05, 0.1) is 25.4 Å². The van der Waals surface area contributed by atoms with Gasteiger partial charge in [0.2, 0.25) is 11.8 Å². The molecule has 0 fully saturated rings. The van der Waals surface area contributed by atoms with Crippen LogP contribution < -0.4 is 20.7 Å². The fraction of sp³-hybridized carbons (Fsp3) is 0.263. The Morgan fingerprint density at radius 3 is 2.65 bits per heavy atom. The topological polar surface area (TPSA) is 92.6 Å². The van der Waals surface area contributed by atoms with E-state index in [1.165, 1.54) is 0 Å². The number of nitrogens with one attached hydrogen (secondary N) is 3. The molecule has 3 aromatic rings. The molecule has 7 heteroatoms. The number of hydrogen-bond acceptors (Lipinski definition) is 5. The molecule has 1 heterocycles. The van der Waals surface area contributed by atoms with Crippen molar-refractivity contribution in [3.63, 3.8) is 0 Å². The summed E-state index contributed by atoms with van der Waals surface area (Å²) in [6.45, 7) is 1.75. The summed E-state index contributed by atoms with van der Waals surface area (Å²) in [5, 5.41) is 10.1. The summed E-state index contributed by atoms with van der Waals surface area (Å²) in [6.07, 6.45) is 0. The van der Waals surface area contributed by atoms with Crippen molar-refractivity contribution in [1.82, 2.24) is 10.6 Å². The summed E-state index contributed by atoms with van der Waals surface area (Å²) < 4.78 is 11.3. The lowest BCUT2D eigenvalue weighted by Gasteiger charge is -2.15. The first-order chi connectivity index (χ1) is 12.5. The smallest absolute Gasteiger partial charge is 0.241 e. The summed E-state index contributed by atoms with van der Waals surface area (Å²) in [4.78, 5) is 23.7. The van der Waals surface area contributed by atoms with E-state index in [0.29, 0.717) is 17.0 Å². The van der Waals surface area contributed by atoms with Gasteiger partial charge >= 0.3 is 0 Å². The molecule has 0 aliphatic carbocycles. The van der Waals surface area contributed by atoms with Crippen molar-refractivity contribution >= 4 is 39.4 Å². The number of methoxy groups -OCH3 is 1. The van der Waals surface area contributed by atoms with E-state index in [0.717, 1.165) is 16.4 Å². The number of rotatable bonds is 6. The molecule has 2 amide bonds. The van der Waals surface area contributed by atoms with Crippen LogP contribution in [0.25, 0.3) is 21.9 Å². The fourth-order valence-electron chi connectivity index (χ4n) is 2.69. The van der Waals surface area contributed by atoms with Crippen LogP contribution in [0.5, 0.6) is 5.75 Å². The van der Waals surface area contributed by atoms with E-state index in [1.807, 2.05) is 30.3 Å². The molecule has 7 nitrogen and oxygen atoms in total. The molecular formula is C19H21N3O4. The minimum atomic E-state index is -0.552. The number of likely N-dealkylation sites (N-methyl/N-ethyl adjacent to an activating group) is 1. The zero-order valence-corrected chi connectivity index (χ0v) is 14.9. The SMILES string of the molecule is CNC(=O)CN[C@@H](C)C(=O)Nc1cc2oc3ccccc3c2cc1OC. The molecule has 3 rings (SSSR count). The first kappa shape index (κ1) is 17.8. The highest BCUT2D eigenvalue weighted by molar-refractivity contribution is 6.08. The van der Waals surface area contributed by atoms with Crippen LogP contribution in [0.4, 0.5) is 5.69 Å². The van der Waals surface area contributed by atoms with Crippen LogP contribution in [0.3, 0.4) is 0 Å². The van der Waals surface area contributed by atoms with E-state index in [1.54, 1.807) is 27.1 Å². The average molecular weight is 355 g/mol. The van der Waals surface area contributed by atoms with E-state index in [2.05, 4.69) is 16.0 Å². The third-order valence-corrected chi connectivity index (χ3v) is 4.20. The highest BCUT2D eigenvalue weighted by Crippen LogP contribution is 2.36. The lowest BCUT2D eigenvalue weighted by molar-refractivity contribution is -0.120. The number of furan rings is 1. The third-order valence-electron chi connectivity index (χ3n) is 4.20. The van der Waals surface area contributed by atoms with Gasteiger partial charge < -0.3 is 19.8 Å². The quantitative estimate of drug-likeness (QED) is 0.631. The second-order valence-electron chi connectivity index (χ2n) is 5.91. The van der Waals surface area contributed by atoms with Crippen molar-refractivity contribution in [2.24, 2.45) is 0 Å². The summed E-state index contributed by atoms with van der Waals surface area (Å²) in [7, 11) is 3.09. The Morgan fingerprint density at radius 2 is 1.92 bits per heavy atom. The van der Waals surface area contributed by atoms with E-state index in [9.17, 15) is 9.59 Å². The molecule has 2 aromatic carbocycles. The molecule has 136 valence electrons. The second kappa shape index (κ2) is 7.45. The minimum Gasteiger partial charge on any atom is -0.495 e. The van der Waals surface area contributed by atoms with Gasteiger partial charge in [0.1, 0.15) is 16.9 Å². The van der Waals surface area contributed by atoms with Gasteiger partial charge in [-0.15, -0.1) is 0 Å². The first-order valence-corrected chi connectivity index (χ1v) is 8.27. The van der Waals surface area contributed by atoms with Crippen LogP contribution in [0, 0.1) is 0 Å². The second-order valence-corrected chi connectivity index (χ2v) is 5.91. The largest absolute Gasteiger partial charge is 0.495 e. The van der Waals surface area contributed by atoms with Crippen molar-refractivity contribution in [2.75, 3.05) is 26.0 Å². The Balaban J connectivity index is 1.85. The lowest BCUT2D eigenvalue weighted by atomic mass is 10.1. The molecule has 0 aliphatic rings. The molecule has 0 unspecified atom stereocenters. The van der Waals surface area contributed by atoms with Crippen LogP contribution >= 0.6 is 0 Å². The van der Waals surface area contributed by atoms with Crippen molar-refractivity contribution in [2.45, 2.75) is 13.0 Å². The van der Waals surface area contributed by atoms with Crippen molar-refractivity contribution in [3.05, 3.63) is 36.4 Å². The van der Waals surface area contributed by atoms with Crippen LogP contribution in [0.1, 0.15) is 6.92 Å². The minimum absolute atomic E-state index is 0.0603. The molecule has 0 aliphatic heterocycles. The predicted molar refractivity (Wildman–Crippen MR) is 100 cm³/mol. The van der Waals surface area contributed by atoms with E-state index in [-0.39, 0.29) is 18.4 Å². The molecule has 3 N–H and O–H groups in total. The van der Waals surface area contributed by atoms with Crippen molar-refractivity contribution in [1.29, 1.82) is 0 Å². The highest BCUT2D eigenvalue weighted by Gasteiger charge is 2.18. The molecular weight excluding hydrogens is 334 g/mol. The molecule has 26 heavy (non-hydrogen) atoms. The van der Waals surface area contributed by atoms with Crippen LogP contribution in [-0.2, 0) is 9.59 Å². The van der Waals surface area contributed by atoms with Gasteiger partial charge in [-0.25, -0.2) is 0 Å². The number of carbonyl (C=O) groups excluding carboxylic acids is 2. The van der Waals surface area contributed by atoms with Gasteiger partial charge in [-0.2, -0.15) is 0 Å². The number of fused-ring (bicyclic) bond motifs is 3. The normalized spacial score (nSPS) is 12.1. The summed E-state index contributed by atoms with van der Waals surface area (Å²) >= 11 is 0. The number of carbonyl (C=O) groups is 2. The number of amides is 2. The summed E-state index contributed by atoms with van der Waals surface area (Å²) in [5.74, 6) is 0.0736. The van der Waals surface area contributed by atoms with Gasteiger partial charge in [0.15, 0.2) is 0 Å². The number of para-hydroxylation sites is 1. The van der Waals surface area contributed by atoms with Gasteiger partial charge in [0, 0.05) is 23.9 Å². The standard InChI is InChI=1S/C19H21N3O4/c1-11(21-10-18(23)20-2)19(24)22-14-9-16-13(8-17(14)25-3)12-6-4-5-7-15(12)26-16/h4-9,11,21H,10H2,1-3H3,(H,20,23)(H,22,24)/t11-/m0/s1. The lowest BCUT2D eigenvalue weighted by Crippen LogP contribution is -2.42. The number of anilines is 1. The maximum atomic E-state index is 12.4. The Kier molecular flexibility index (Phi) is 5.09. The van der Waals surface area contributed by atoms with Crippen LogP contribution in [0.15, 0.2) is 40.8 Å². The maximum Gasteiger partial charge on any atom is 0.241 e. The zero-order valence-electron chi connectivity index (χ0n) is 14.9.